The molecular formula is C6H4BCl3O2. The molecule has 12 heavy (non-hydrogen) atoms. The third kappa shape index (κ3) is 1.87. The first-order chi connectivity index (χ1) is 5.54. The first-order valence-electron chi connectivity index (χ1n) is 3.03. The van der Waals surface area contributed by atoms with Gasteiger partial charge in [0.05, 0.1) is 15.1 Å². The fourth-order valence-corrected chi connectivity index (χ4v) is 1.38. The molecule has 0 saturated heterocycles. The van der Waals surface area contributed by atoms with Crippen LogP contribution in [-0.2, 0) is 0 Å². The monoisotopic (exact) mass is 224 g/mol. The molecule has 0 radical (unpaired) electrons. The van der Waals surface area contributed by atoms with Crippen LogP contribution >= 0.6 is 34.8 Å². The van der Waals surface area contributed by atoms with Gasteiger partial charge in [0.2, 0.25) is 0 Å². The molecule has 1 rings (SSSR count). The molecule has 2 N–H and O–H groups in total. The lowest BCUT2D eigenvalue weighted by atomic mass is 9.80. The predicted molar refractivity (Wildman–Crippen MR) is 51.3 cm³/mol. The van der Waals surface area contributed by atoms with Crippen molar-refractivity contribution in [1.82, 2.24) is 0 Å². The molecule has 0 bridgehead atoms. The topological polar surface area (TPSA) is 40.5 Å². The molecule has 0 atom stereocenters. The summed E-state index contributed by atoms with van der Waals surface area (Å²) in [5.41, 5.74) is 0.145. The highest BCUT2D eigenvalue weighted by atomic mass is 35.5. The second kappa shape index (κ2) is 3.86. The van der Waals surface area contributed by atoms with Crippen molar-refractivity contribution in [3.63, 3.8) is 0 Å². The first-order valence-corrected chi connectivity index (χ1v) is 4.17. The highest BCUT2D eigenvalue weighted by Gasteiger charge is 2.18. The Hall–Kier alpha value is 0.0749. The molecule has 0 aliphatic rings. The molecule has 6 heteroatoms. The maximum Gasteiger partial charge on any atom is 0.490 e. The van der Waals surface area contributed by atoms with Gasteiger partial charge >= 0.3 is 7.12 Å². The minimum Gasteiger partial charge on any atom is -0.423 e. The molecule has 0 aliphatic heterocycles. The van der Waals surface area contributed by atoms with E-state index in [1.807, 2.05) is 0 Å². The van der Waals surface area contributed by atoms with Crippen LogP contribution in [0.2, 0.25) is 15.1 Å². The third-order valence-corrected chi connectivity index (χ3v) is 2.65. The molecule has 1 aromatic carbocycles. The Morgan fingerprint density at radius 2 is 1.58 bits per heavy atom. The summed E-state index contributed by atoms with van der Waals surface area (Å²) in [4.78, 5) is 0. The van der Waals surface area contributed by atoms with E-state index in [1.54, 1.807) is 0 Å². The van der Waals surface area contributed by atoms with E-state index >= 15 is 0 Å². The van der Waals surface area contributed by atoms with Gasteiger partial charge in [0.25, 0.3) is 0 Å². The van der Waals surface area contributed by atoms with E-state index in [-0.39, 0.29) is 20.5 Å². The zero-order valence-electron chi connectivity index (χ0n) is 5.76. The number of hydrogen-bond acceptors (Lipinski definition) is 2. The van der Waals surface area contributed by atoms with Crippen LogP contribution in [0.25, 0.3) is 0 Å². The fraction of sp³-hybridized carbons (Fsp3) is 0. The normalized spacial score (nSPS) is 10.1. The number of rotatable bonds is 1. The van der Waals surface area contributed by atoms with Gasteiger partial charge in [-0.05, 0) is 6.07 Å². The predicted octanol–water partition coefficient (Wildman–Crippen LogP) is 1.33. The molecule has 64 valence electrons. The maximum atomic E-state index is 8.79. The van der Waals surface area contributed by atoms with Crippen LogP contribution in [0.3, 0.4) is 0 Å². The second-order valence-electron chi connectivity index (χ2n) is 2.14. The average molecular weight is 225 g/mol. The van der Waals surface area contributed by atoms with E-state index in [0.29, 0.717) is 0 Å². The van der Waals surface area contributed by atoms with Crippen LogP contribution < -0.4 is 5.46 Å². The second-order valence-corrected chi connectivity index (χ2v) is 3.30. The van der Waals surface area contributed by atoms with Crippen LogP contribution in [0.15, 0.2) is 12.1 Å². The Morgan fingerprint density at radius 1 is 1.00 bits per heavy atom. The van der Waals surface area contributed by atoms with Gasteiger partial charge in [-0.3, -0.25) is 0 Å². The third-order valence-electron chi connectivity index (χ3n) is 1.34. The summed E-state index contributed by atoms with van der Waals surface area (Å²) in [6.07, 6.45) is 0. The Morgan fingerprint density at radius 3 is 2.08 bits per heavy atom. The quantitative estimate of drug-likeness (QED) is 0.559. The van der Waals surface area contributed by atoms with E-state index in [2.05, 4.69) is 0 Å². The van der Waals surface area contributed by atoms with E-state index in [9.17, 15) is 0 Å². The van der Waals surface area contributed by atoms with Gasteiger partial charge < -0.3 is 10.0 Å². The smallest absolute Gasteiger partial charge is 0.423 e. The average Bonchev–Trinajstić information content (AvgIpc) is 2.00. The standard InChI is InChI=1S/C6H4BCl3O2/c8-4-2-1-3(7(11)12)5(9)6(4)10/h1-2,11-12H. The summed E-state index contributed by atoms with van der Waals surface area (Å²) in [6, 6.07) is 2.85. The van der Waals surface area contributed by atoms with Gasteiger partial charge in [-0.2, -0.15) is 0 Å². The van der Waals surface area contributed by atoms with Crippen molar-refractivity contribution < 1.29 is 10.0 Å². The molecular weight excluding hydrogens is 221 g/mol. The summed E-state index contributed by atoms with van der Waals surface area (Å²) in [6.45, 7) is 0. The molecule has 0 amide bonds. The van der Waals surface area contributed by atoms with Crippen molar-refractivity contribution in [2.24, 2.45) is 0 Å². The summed E-state index contributed by atoms with van der Waals surface area (Å²) in [5, 5.41) is 18.1. The van der Waals surface area contributed by atoms with Crippen molar-refractivity contribution in [3.8, 4) is 0 Å². The Labute approximate surface area is 84.8 Å². The Balaban J connectivity index is 3.27. The van der Waals surface area contributed by atoms with Crippen LogP contribution in [0.1, 0.15) is 0 Å². The zero-order chi connectivity index (χ0) is 9.30. The first kappa shape index (κ1) is 10.2. The van der Waals surface area contributed by atoms with Crippen LogP contribution in [0, 0.1) is 0 Å². The largest absolute Gasteiger partial charge is 0.490 e. The molecule has 0 saturated carbocycles. The van der Waals surface area contributed by atoms with E-state index in [1.165, 1.54) is 12.1 Å². The summed E-state index contributed by atoms with van der Waals surface area (Å²) < 4.78 is 0. The lowest BCUT2D eigenvalue weighted by molar-refractivity contribution is 0.426. The van der Waals surface area contributed by atoms with Gasteiger partial charge in [-0.15, -0.1) is 0 Å². The lowest BCUT2D eigenvalue weighted by Gasteiger charge is -2.04. The van der Waals surface area contributed by atoms with Crippen molar-refractivity contribution in [2.75, 3.05) is 0 Å². The highest BCUT2D eigenvalue weighted by molar-refractivity contribution is 6.64. The van der Waals surface area contributed by atoms with Gasteiger partial charge in [0.1, 0.15) is 0 Å². The summed E-state index contributed by atoms with van der Waals surface area (Å²) in [5.74, 6) is 0. The van der Waals surface area contributed by atoms with E-state index in [4.69, 9.17) is 44.9 Å². The molecule has 2 nitrogen and oxygen atoms in total. The highest BCUT2D eigenvalue weighted by Crippen LogP contribution is 2.27. The molecule has 0 unspecified atom stereocenters. The minimum absolute atomic E-state index is 0.0687. The summed E-state index contributed by atoms with van der Waals surface area (Å²) >= 11 is 16.9. The molecule has 0 spiro atoms. The fourth-order valence-electron chi connectivity index (χ4n) is 0.740. The van der Waals surface area contributed by atoms with Gasteiger partial charge in [0.15, 0.2) is 0 Å². The van der Waals surface area contributed by atoms with Crippen molar-refractivity contribution in [2.45, 2.75) is 0 Å². The molecule has 0 aromatic heterocycles. The Kier molecular flexibility index (Phi) is 3.26. The molecule has 0 aliphatic carbocycles. The van der Waals surface area contributed by atoms with Gasteiger partial charge in [-0.25, -0.2) is 0 Å². The van der Waals surface area contributed by atoms with Crippen molar-refractivity contribution in [3.05, 3.63) is 27.2 Å². The SMILES string of the molecule is OB(O)c1ccc(Cl)c(Cl)c1Cl. The minimum atomic E-state index is -1.63. The van der Waals surface area contributed by atoms with E-state index in [0.717, 1.165) is 0 Å². The van der Waals surface area contributed by atoms with Gasteiger partial charge in [-0.1, -0.05) is 40.9 Å². The van der Waals surface area contributed by atoms with Crippen LogP contribution in [0.4, 0.5) is 0 Å². The van der Waals surface area contributed by atoms with E-state index < -0.39 is 7.12 Å². The Bertz CT molecular complexity index is 303. The number of hydrogen-bond donors (Lipinski definition) is 2. The number of benzene rings is 1. The van der Waals surface area contributed by atoms with Crippen LogP contribution in [-0.4, -0.2) is 17.2 Å². The summed E-state index contributed by atoms with van der Waals surface area (Å²) in [7, 11) is -1.63. The molecule has 0 heterocycles. The van der Waals surface area contributed by atoms with Gasteiger partial charge in [0, 0.05) is 5.46 Å². The lowest BCUT2D eigenvalue weighted by Crippen LogP contribution is -2.30. The molecule has 1 aromatic rings. The number of halogens is 3. The maximum absolute atomic E-state index is 8.79. The molecule has 0 fully saturated rings. The van der Waals surface area contributed by atoms with Crippen LogP contribution in [0.5, 0.6) is 0 Å². The van der Waals surface area contributed by atoms with Crippen molar-refractivity contribution in [1.29, 1.82) is 0 Å². The van der Waals surface area contributed by atoms with Crippen molar-refractivity contribution >= 4 is 47.4 Å². The zero-order valence-corrected chi connectivity index (χ0v) is 8.03.